The van der Waals surface area contributed by atoms with Gasteiger partial charge < -0.3 is 44.5 Å². The quantitative estimate of drug-likeness (QED) is 0.247. The van der Waals surface area contributed by atoms with E-state index in [1.165, 1.54) is 5.57 Å². The van der Waals surface area contributed by atoms with Crippen LogP contribution in [0.3, 0.4) is 0 Å². The van der Waals surface area contributed by atoms with Crippen LogP contribution in [0.25, 0.3) is 0 Å². The van der Waals surface area contributed by atoms with E-state index in [0.717, 1.165) is 58.0 Å². The molecule has 3 aliphatic heterocycles. The molecule has 0 aromatic carbocycles. The Balaban J connectivity index is 1.05. The lowest BCUT2D eigenvalue weighted by Crippen LogP contribution is -2.62. The molecule has 3 saturated heterocycles. The van der Waals surface area contributed by atoms with Crippen LogP contribution >= 0.6 is 0 Å². The molecule has 0 aromatic rings. The number of rotatable bonds is 3. The largest absolute Gasteiger partial charge is 0.394 e. The molecule has 7 rings (SSSR count). The summed E-state index contributed by atoms with van der Waals surface area (Å²) in [6, 6.07) is 0. The SMILES string of the molecule is C=C1[C@H]2[C@H](C[C@H]3[C@@H]4CCC5CC(O[C@@H]6O[C@H](CO)[C@@H](O)[C@H](O)[C@H]6O)CC(O)[C@]5(C)[C@H]4CC[C@@]32C)O[C@]12CCC(C)CO2. The Bertz CT molecular complexity index is 1040. The summed E-state index contributed by atoms with van der Waals surface area (Å²) in [6.45, 7) is 11.9. The van der Waals surface area contributed by atoms with Gasteiger partial charge in [-0.3, -0.25) is 0 Å². The Morgan fingerprint density at radius 1 is 0.929 bits per heavy atom. The Morgan fingerprint density at radius 2 is 1.71 bits per heavy atom. The summed E-state index contributed by atoms with van der Waals surface area (Å²) in [5, 5.41) is 52.2. The molecule has 0 aromatic heterocycles. The molecule has 238 valence electrons. The van der Waals surface area contributed by atoms with Crippen LogP contribution in [0.2, 0.25) is 0 Å². The predicted molar refractivity (Wildman–Crippen MR) is 152 cm³/mol. The average molecular weight is 593 g/mol. The molecular weight excluding hydrogens is 540 g/mol. The van der Waals surface area contributed by atoms with Crippen molar-refractivity contribution in [1.29, 1.82) is 0 Å². The molecule has 0 radical (unpaired) electrons. The minimum absolute atomic E-state index is 0.135. The van der Waals surface area contributed by atoms with Gasteiger partial charge in [0.1, 0.15) is 24.4 Å². The molecule has 42 heavy (non-hydrogen) atoms. The van der Waals surface area contributed by atoms with Crippen LogP contribution in [0.5, 0.6) is 0 Å². The Kier molecular flexibility index (Phi) is 7.48. The highest BCUT2D eigenvalue weighted by molar-refractivity contribution is 5.29. The molecule has 4 aliphatic carbocycles. The molecule has 0 amide bonds. The van der Waals surface area contributed by atoms with Crippen molar-refractivity contribution in [2.75, 3.05) is 13.2 Å². The highest BCUT2D eigenvalue weighted by Gasteiger charge is 2.69. The molecule has 0 bridgehead atoms. The van der Waals surface area contributed by atoms with E-state index in [0.29, 0.717) is 36.0 Å². The van der Waals surface area contributed by atoms with E-state index in [-0.39, 0.29) is 29.0 Å². The van der Waals surface area contributed by atoms with Gasteiger partial charge >= 0.3 is 0 Å². The Hall–Kier alpha value is -0.620. The van der Waals surface area contributed by atoms with Gasteiger partial charge in [0.25, 0.3) is 0 Å². The maximum Gasteiger partial charge on any atom is 0.191 e. The molecule has 17 atom stereocenters. The fourth-order valence-electron chi connectivity index (χ4n) is 11.3. The summed E-state index contributed by atoms with van der Waals surface area (Å²) in [7, 11) is 0. The summed E-state index contributed by atoms with van der Waals surface area (Å²) < 4.78 is 25.0. The number of aliphatic hydroxyl groups is 5. The maximum atomic E-state index is 11.8. The fraction of sp³-hybridized carbons (Fsp3) is 0.939. The second-order valence-corrected chi connectivity index (χ2v) is 15.6. The van der Waals surface area contributed by atoms with E-state index >= 15 is 0 Å². The van der Waals surface area contributed by atoms with Crippen molar-refractivity contribution in [1.82, 2.24) is 0 Å². The fourth-order valence-corrected chi connectivity index (χ4v) is 11.3. The van der Waals surface area contributed by atoms with Gasteiger partial charge in [-0.25, -0.2) is 0 Å². The van der Waals surface area contributed by atoms with Crippen LogP contribution in [0.1, 0.15) is 78.6 Å². The van der Waals surface area contributed by atoms with Crippen molar-refractivity contribution >= 4 is 0 Å². The van der Waals surface area contributed by atoms with Crippen LogP contribution < -0.4 is 0 Å². The summed E-state index contributed by atoms with van der Waals surface area (Å²) >= 11 is 0. The summed E-state index contributed by atoms with van der Waals surface area (Å²) in [6.07, 6.45) is 1.33. The van der Waals surface area contributed by atoms with Gasteiger partial charge in [-0.15, -0.1) is 0 Å². The van der Waals surface area contributed by atoms with E-state index < -0.39 is 49.2 Å². The van der Waals surface area contributed by atoms with E-state index in [1.807, 2.05) is 0 Å². The van der Waals surface area contributed by atoms with Gasteiger partial charge in [0.2, 0.25) is 0 Å². The summed E-state index contributed by atoms with van der Waals surface area (Å²) in [5.74, 6) is 2.07. The standard InChI is InChI=1S/C33H52O9/c1-16-7-10-33(39-15-16)17(2)26-23(42-33)13-22-20-6-5-18-11-19(40-30-29(38)28(37)27(36)24(14-34)41-30)12-25(35)32(18,4)21(20)8-9-31(22,26)3/h16,18-30,34-38H,2,5-15H2,1,3-4H3/t16?,18?,19?,20-,21+,22+,23+,24-,25?,26+,27-,28+,29-,30-,31+,32+,33-/m1/s1. The lowest BCUT2D eigenvalue weighted by molar-refractivity contribution is -0.320. The monoisotopic (exact) mass is 592 g/mol. The van der Waals surface area contributed by atoms with Gasteiger partial charge in [-0.2, -0.15) is 0 Å². The first-order chi connectivity index (χ1) is 19.9. The molecule has 9 nitrogen and oxygen atoms in total. The first kappa shape index (κ1) is 30.1. The highest BCUT2D eigenvalue weighted by atomic mass is 16.7. The highest BCUT2D eigenvalue weighted by Crippen LogP contribution is 2.71. The molecule has 4 unspecified atom stereocenters. The van der Waals surface area contributed by atoms with Gasteiger partial charge in [-0.05, 0) is 90.9 Å². The van der Waals surface area contributed by atoms with Crippen molar-refractivity contribution in [2.45, 2.75) is 133 Å². The van der Waals surface area contributed by atoms with Crippen molar-refractivity contribution in [2.24, 2.45) is 46.3 Å². The second-order valence-electron chi connectivity index (χ2n) is 15.6. The van der Waals surface area contributed by atoms with Gasteiger partial charge in [0.15, 0.2) is 12.1 Å². The minimum atomic E-state index is -1.47. The molecule has 9 heteroatoms. The molecule has 5 N–H and O–H groups in total. The van der Waals surface area contributed by atoms with Crippen LogP contribution in [0.4, 0.5) is 0 Å². The molecule has 4 saturated carbocycles. The van der Waals surface area contributed by atoms with Crippen LogP contribution in [-0.4, -0.2) is 93.6 Å². The first-order valence-electron chi connectivity index (χ1n) is 16.6. The molecule has 7 fully saturated rings. The summed E-state index contributed by atoms with van der Waals surface area (Å²) in [4.78, 5) is 0. The van der Waals surface area contributed by atoms with Gasteiger partial charge in [0, 0.05) is 18.8 Å². The average Bonchev–Trinajstić information content (AvgIpc) is 3.41. The van der Waals surface area contributed by atoms with Gasteiger partial charge in [-0.1, -0.05) is 27.4 Å². The van der Waals surface area contributed by atoms with E-state index in [4.69, 9.17) is 18.9 Å². The molecule has 1 spiro atoms. The Morgan fingerprint density at radius 3 is 2.43 bits per heavy atom. The van der Waals surface area contributed by atoms with E-state index in [2.05, 4.69) is 27.4 Å². The smallest absolute Gasteiger partial charge is 0.191 e. The van der Waals surface area contributed by atoms with Crippen LogP contribution in [0, 0.1) is 46.3 Å². The van der Waals surface area contributed by atoms with Crippen molar-refractivity contribution in [3.8, 4) is 0 Å². The third kappa shape index (κ3) is 4.21. The van der Waals surface area contributed by atoms with E-state index in [9.17, 15) is 25.5 Å². The topological polar surface area (TPSA) is 138 Å². The molecule has 3 heterocycles. The van der Waals surface area contributed by atoms with Crippen LogP contribution in [0.15, 0.2) is 12.2 Å². The Labute approximate surface area is 249 Å². The zero-order valence-electron chi connectivity index (χ0n) is 25.4. The number of hydrogen-bond donors (Lipinski definition) is 5. The second kappa shape index (κ2) is 10.5. The van der Waals surface area contributed by atoms with Crippen LogP contribution in [-0.2, 0) is 18.9 Å². The summed E-state index contributed by atoms with van der Waals surface area (Å²) in [5.41, 5.74) is 1.09. The van der Waals surface area contributed by atoms with Gasteiger partial charge in [0.05, 0.1) is 31.5 Å². The minimum Gasteiger partial charge on any atom is -0.394 e. The number of aliphatic hydroxyl groups excluding tert-OH is 5. The predicted octanol–water partition coefficient (Wildman–Crippen LogP) is 2.51. The zero-order valence-corrected chi connectivity index (χ0v) is 25.4. The van der Waals surface area contributed by atoms with Crippen molar-refractivity contribution in [3.63, 3.8) is 0 Å². The van der Waals surface area contributed by atoms with Crippen molar-refractivity contribution < 1.29 is 44.5 Å². The number of fused-ring (bicyclic) bond motifs is 7. The first-order valence-corrected chi connectivity index (χ1v) is 16.6. The third-order valence-corrected chi connectivity index (χ3v) is 13.7. The lowest BCUT2D eigenvalue weighted by atomic mass is 9.44. The number of hydrogen-bond acceptors (Lipinski definition) is 9. The molecule has 7 aliphatic rings. The van der Waals surface area contributed by atoms with Crippen molar-refractivity contribution in [3.05, 3.63) is 12.2 Å². The maximum absolute atomic E-state index is 11.8. The molecular formula is C33H52O9. The third-order valence-electron chi connectivity index (χ3n) is 13.7. The normalized spacial score (nSPS) is 59.2. The lowest BCUT2D eigenvalue weighted by Gasteiger charge is -2.62. The van der Waals surface area contributed by atoms with E-state index in [1.54, 1.807) is 0 Å². The number of ether oxygens (including phenoxy) is 4. The zero-order chi connectivity index (χ0) is 29.8.